The van der Waals surface area contributed by atoms with Gasteiger partial charge in [0.25, 0.3) is 0 Å². The van der Waals surface area contributed by atoms with E-state index in [0.717, 1.165) is 24.3 Å². The summed E-state index contributed by atoms with van der Waals surface area (Å²) in [6, 6.07) is 8.07. The van der Waals surface area contributed by atoms with Crippen molar-refractivity contribution < 1.29 is 32.7 Å². The zero-order valence-electron chi connectivity index (χ0n) is 11.3. The molecule has 2 aromatic rings. The van der Waals surface area contributed by atoms with Gasteiger partial charge in [-0.25, -0.2) is 4.79 Å². The molecule has 2 rings (SSSR count). The number of aromatic hydroxyl groups is 2. The van der Waals surface area contributed by atoms with Crippen LogP contribution in [0.5, 0.6) is 17.2 Å². The monoisotopic (exact) mass is 335 g/mol. The van der Waals surface area contributed by atoms with Gasteiger partial charge in [0.2, 0.25) is 5.75 Å². The first kappa shape index (κ1) is 16.1. The third-order valence-corrected chi connectivity index (χ3v) is 4.02. The molecule has 0 aliphatic rings. The zero-order chi connectivity index (χ0) is 17.2. The van der Waals surface area contributed by atoms with Crippen molar-refractivity contribution in [3.8, 4) is 23.3 Å². The Bertz CT molecular complexity index is 911. The molecular formula is C14H9NO7S. The molecule has 0 fully saturated rings. The molecule has 2 aromatic carbocycles. The number of nitrogens with zero attached hydrogens (tertiary/aromatic N) is 1. The normalized spacial score (nSPS) is 10.7. The lowest BCUT2D eigenvalue weighted by Gasteiger charge is -2.10. The van der Waals surface area contributed by atoms with Crippen molar-refractivity contribution >= 4 is 16.1 Å². The molecule has 0 saturated heterocycles. The third kappa shape index (κ3) is 3.33. The number of carboxylic acid groups (broad SMARTS) is 1. The maximum Gasteiger partial charge on any atom is 0.339 e. The van der Waals surface area contributed by atoms with Gasteiger partial charge in [0.05, 0.1) is 17.2 Å². The molecule has 0 aromatic heterocycles. The highest BCUT2D eigenvalue weighted by Gasteiger charge is 2.22. The van der Waals surface area contributed by atoms with Crippen molar-refractivity contribution in [2.75, 3.05) is 0 Å². The molecule has 0 heterocycles. The fourth-order valence-electron chi connectivity index (χ4n) is 1.64. The Morgan fingerprint density at radius 2 is 1.74 bits per heavy atom. The predicted octanol–water partition coefficient (Wildman–Crippen LogP) is 1.44. The van der Waals surface area contributed by atoms with Crippen LogP contribution < -0.4 is 4.18 Å². The van der Waals surface area contributed by atoms with Crippen LogP contribution in [-0.4, -0.2) is 29.7 Å². The SMILES string of the molecule is N#Cc1ccc(S(=O)(=O)Oc2cc(C(=O)O)cc(O)c2O)cc1. The van der Waals surface area contributed by atoms with Gasteiger partial charge in [0.15, 0.2) is 11.5 Å². The number of phenolic OH excluding ortho intramolecular Hbond substituents is 2. The number of aromatic carboxylic acids is 1. The van der Waals surface area contributed by atoms with Gasteiger partial charge in [-0.15, -0.1) is 0 Å². The van der Waals surface area contributed by atoms with Crippen LogP contribution in [0.25, 0.3) is 0 Å². The minimum absolute atomic E-state index is 0.234. The zero-order valence-corrected chi connectivity index (χ0v) is 12.1. The number of rotatable bonds is 4. The van der Waals surface area contributed by atoms with Crippen LogP contribution in [0.1, 0.15) is 15.9 Å². The van der Waals surface area contributed by atoms with Gasteiger partial charge >= 0.3 is 16.1 Å². The molecule has 0 spiro atoms. The Kier molecular flexibility index (Phi) is 4.11. The van der Waals surface area contributed by atoms with Crippen LogP contribution in [0.15, 0.2) is 41.3 Å². The second-order valence-corrected chi connectivity index (χ2v) is 5.87. The highest BCUT2D eigenvalue weighted by atomic mass is 32.2. The number of hydrogen-bond acceptors (Lipinski definition) is 7. The van der Waals surface area contributed by atoms with Gasteiger partial charge in [-0.05, 0) is 30.3 Å². The summed E-state index contributed by atoms with van der Waals surface area (Å²) in [7, 11) is -4.39. The molecule has 0 aliphatic heterocycles. The van der Waals surface area contributed by atoms with Crippen molar-refractivity contribution in [2.45, 2.75) is 4.90 Å². The fraction of sp³-hybridized carbons (Fsp3) is 0. The molecule has 9 heteroatoms. The summed E-state index contributed by atoms with van der Waals surface area (Å²) in [5.74, 6) is -3.92. The summed E-state index contributed by atoms with van der Waals surface area (Å²) >= 11 is 0. The Hall–Kier alpha value is -3.25. The fourth-order valence-corrected chi connectivity index (χ4v) is 2.57. The van der Waals surface area contributed by atoms with Crippen molar-refractivity contribution in [3.05, 3.63) is 47.5 Å². The molecule has 0 aliphatic carbocycles. The first-order valence-corrected chi connectivity index (χ1v) is 7.39. The molecule has 3 N–H and O–H groups in total. The van der Waals surface area contributed by atoms with Crippen molar-refractivity contribution in [1.29, 1.82) is 5.26 Å². The van der Waals surface area contributed by atoms with Crippen LogP contribution in [0.3, 0.4) is 0 Å². The third-order valence-electron chi connectivity index (χ3n) is 2.77. The number of benzene rings is 2. The Balaban J connectivity index is 2.44. The highest BCUT2D eigenvalue weighted by Crippen LogP contribution is 2.38. The molecule has 8 nitrogen and oxygen atoms in total. The van der Waals surface area contributed by atoms with E-state index >= 15 is 0 Å². The number of carbonyl (C=O) groups is 1. The average molecular weight is 335 g/mol. The van der Waals surface area contributed by atoms with E-state index in [9.17, 15) is 23.4 Å². The topological polar surface area (TPSA) is 145 Å². The van der Waals surface area contributed by atoms with Crippen molar-refractivity contribution in [1.82, 2.24) is 0 Å². The minimum atomic E-state index is -4.39. The standard InChI is InChI=1S/C14H9NO7S/c15-7-8-1-3-10(4-2-8)23(20,21)22-12-6-9(14(18)19)5-11(16)13(12)17/h1-6,16-17H,(H,18,19). The van der Waals surface area contributed by atoms with E-state index in [0.29, 0.717) is 0 Å². The predicted molar refractivity (Wildman–Crippen MR) is 75.7 cm³/mol. The molecule has 0 amide bonds. The van der Waals surface area contributed by atoms with E-state index in [1.807, 2.05) is 6.07 Å². The van der Waals surface area contributed by atoms with Crippen LogP contribution >= 0.6 is 0 Å². The quantitative estimate of drug-likeness (QED) is 0.562. The Morgan fingerprint density at radius 3 is 2.26 bits per heavy atom. The summed E-state index contributed by atoms with van der Waals surface area (Å²) in [6.07, 6.45) is 0. The summed E-state index contributed by atoms with van der Waals surface area (Å²) in [4.78, 5) is 10.6. The van der Waals surface area contributed by atoms with Crippen molar-refractivity contribution in [2.24, 2.45) is 0 Å². The Morgan fingerprint density at radius 1 is 1.13 bits per heavy atom. The van der Waals surface area contributed by atoms with Crippen LogP contribution in [0.4, 0.5) is 0 Å². The second kappa shape index (κ2) is 5.86. The molecule has 0 unspecified atom stereocenters. The van der Waals surface area contributed by atoms with E-state index in [4.69, 9.17) is 10.4 Å². The van der Waals surface area contributed by atoms with Gasteiger partial charge in [0, 0.05) is 6.07 Å². The molecular weight excluding hydrogens is 326 g/mol. The lowest BCUT2D eigenvalue weighted by molar-refractivity contribution is 0.0696. The molecule has 118 valence electrons. The number of carboxylic acids is 1. The maximum atomic E-state index is 12.1. The number of phenols is 2. The molecule has 0 saturated carbocycles. The van der Waals surface area contributed by atoms with Crippen molar-refractivity contribution in [3.63, 3.8) is 0 Å². The lowest BCUT2D eigenvalue weighted by atomic mass is 10.2. The molecule has 23 heavy (non-hydrogen) atoms. The average Bonchev–Trinajstić information content (AvgIpc) is 2.51. The maximum absolute atomic E-state index is 12.1. The number of nitriles is 1. The summed E-state index contributed by atoms with van der Waals surface area (Å²) in [6.45, 7) is 0. The summed E-state index contributed by atoms with van der Waals surface area (Å²) < 4.78 is 28.9. The van der Waals surface area contributed by atoms with E-state index in [2.05, 4.69) is 4.18 Å². The largest absolute Gasteiger partial charge is 0.504 e. The highest BCUT2D eigenvalue weighted by molar-refractivity contribution is 7.87. The van der Waals surface area contributed by atoms with E-state index in [1.165, 1.54) is 12.1 Å². The number of hydrogen-bond donors (Lipinski definition) is 3. The van der Waals surface area contributed by atoms with Gasteiger partial charge in [-0.3, -0.25) is 0 Å². The summed E-state index contributed by atoms with van der Waals surface area (Å²) in [5.41, 5.74) is -0.234. The van der Waals surface area contributed by atoms with Crippen LogP contribution in [-0.2, 0) is 10.1 Å². The molecule has 0 atom stereocenters. The molecule has 0 bridgehead atoms. The smallest absolute Gasteiger partial charge is 0.339 e. The van der Waals surface area contributed by atoms with Crippen LogP contribution in [0, 0.1) is 11.3 Å². The molecule has 0 radical (unpaired) electrons. The lowest BCUT2D eigenvalue weighted by Crippen LogP contribution is -2.10. The van der Waals surface area contributed by atoms with Gasteiger partial charge in [-0.2, -0.15) is 13.7 Å². The van der Waals surface area contributed by atoms with E-state index in [1.54, 1.807) is 0 Å². The van der Waals surface area contributed by atoms with E-state index < -0.39 is 38.9 Å². The van der Waals surface area contributed by atoms with E-state index in [-0.39, 0.29) is 10.5 Å². The Labute approximate surface area is 130 Å². The second-order valence-electron chi connectivity index (χ2n) is 4.32. The first-order valence-electron chi connectivity index (χ1n) is 5.98. The summed E-state index contributed by atoms with van der Waals surface area (Å²) in [5, 5.41) is 36.6. The van der Waals surface area contributed by atoms with Gasteiger partial charge in [-0.1, -0.05) is 0 Å². The van der Waals surface area contributed by atoms with Crippen LogP contribution in [0.2, 0.25) is 0 Å². The first-order chi connectivity index (χ1) is 10.7. The minimum Gasteiger partial charge on any atom is -0.504 e. The van der Waals surface area contributed by atoms with Gasteiger partial charge < -0.3 is 19.5 Å². The van der Waals surface area contributed by atoms with Gasteiger partial charge in [0.1, 0.15) is 4.90 Å².